The lowest BCUT2D eigenvalue weighted by Crippen LogP contribution is -2.12. The highest BCUT2D eigenvalue weighted by atomic mass is 79.9. The molecule has 0 aliphatic heterocycles. The van der Waals surface area contributed by atoms with Crippen molar-refractivity contribution in [3.05, 3.63) is 41.1 Å². The van der Waals surface area contributed by atoms with Crippen LogP contribution in [0.25, 0.3) is 0 Å². The molecule has 3 nitrogen and oxygen atoms in total. The fourth-order valence-electron chi connectivity index (χ4n) is 0.868. The molecule has 0 fully saturated rings. The predicted molar refractivity (Wildman–Crippen MR) is 59.1 cm³/mol. The van der Waals surface area contributed by atoms with Gasteiger partial charge in [-0.15, -0.1) is 0 Å². The fraction of sp³-hybridized carbons (Fsp3) is 0.100. The molecule has 0 unspecified atom stereocenters. The van der Waals surface area contributed by atoms with Crippen LogP contribution in [-0.2, 0) is 4.74 Å². The lowest BCUT2D eigenvalue weighted by atomic mass is 10.3. The maximum atomic E-state index is 11.1. The molecule has 0 heterocycles. The number of amides is 1. The highest BCUT2D eigenvalue weighted by Crippen LogP contribution is 2.15. The zero-order chi connectivity index (χ0) is 10.6. The van der Waals surface area contributed by atoms with Gasteiger partial charge in [-0.25, -0.2) is 4.79 Å². The van der Waals surface area contributed by atoms with Gasteiger partial charge in [-0.1, -0.05) is 28.6 Å². The second-order valence-corrected chi connectivity index (χ2v) is 3.64. The van der Waals surface area contributed by atoms with Crippen molar-refractivity contribution in [2.75, 3.05) is 5.32 Å². The van der Waals surface area contributed by atoms with Crippen LogP contribution in [0.5, 0.6) is 0 Å². The molecule has 0 aliphatic rings. The van der Waals surface area contributed by atoms with Gasteiger partial charge in [0.2, 0.25) is 0 Å². The van der Waals surface area contributed by atoms with Gasteiger partial charge >= 0.3 is 6.09 Å². The van der Waals surface area contributed by atoms with Gasteiger partial charge in [0.1, 0.15) is 0 Å². The summed E-state index contributed by atoms with van der Waals surface area (Å²) in [6, 6.07) is 7.24. The molecule has 0 aromatic heterocycles. The Bertz CT molecular complexity index is 363. The molecule has 1 N–H and O–H groups in total. The summed E-state index contributed by atoms with van der Waals surface area (Å²) in [7, 11) is 0. The van der Waals surface area contributed by atoms with E-state index in [0.717, 1.165) is 4.47 Å². The number of hydrogen-bond acceptors (Lipinski definition) is 2. The van der Waals surface area contributed by atoms with E-state index in [-0.39, 0.29) is 0 Å². The van der Waals surface area contributed by atoms with Crippen LogP contribution in [0.3, 0.4) is 0 Å². The van der Waals surface area contributed by atoms with Crippen LogP contribution < -0.4 is 5.32 Å². The molecule has 0 saturated heterocycles. The van der Waals surface area contributed by atoms with E-state index in [1.54, 1.807) is 19.1 Å². The molecule has 1 amide bonds. The molecule has 0 atom stereocenters. The van der Waals surface area contributed by atoms with E-state index >= 15 is 0 Å². The molecule has 0 spiro atoms. The summed E-state index contributed by atoms with van der Waals surface area (Å²) in [6.45, 7) is 5.07. The largest absolute Gasteiger partial charge is 0.416 e. The van der Waals surface area contributed by atoms with Gasteiger partial charge in [0.25, 0.3) is 0 Å². The highest BCUT2D eigenvalue weighted by molar-refractivity contribution is 9.10. The maximum Gasteiger partial charge on any atom is 0.416 e. The fourth-order valence-corrected chi connectivity index (χ4v) is 1.27. The summed E-state index contributed by atoms with van der Waals surface area (Å²) in [4.78, 5) is 11.1. The van der Waals surface area contributed by atoms with E-state index < -0.39 is 6.09 Å². The number of halogens is 1. The number of allylic oxidation sites excluding steroid dienone is 1. The first-order chi connectivity index (χ1) is 6.58. The van der Waals surface area contributed by atoms with Crippen LogP contribution in [0, 0.1) is 0 Å². The van der Waals surface area contributed by atoms with Crippen molar-refractivity contribution in [3.63, 3.8) is 0 Å². The number of ether oxygens (including phenoxy) is 1. The molecular formula is C10H10BrNO2. The van der Waals surface area contributed by atoms with E-state index in [1.165, 1.54) is 0 Å². The van der Waals surface area contributed by atoms with Crippen LogP contribution in [0.4, 0.5) is 10.5 Å². The number of hydrogen-bond donors (Lipinski definition) is 1. The van der Waals surface area contributed by atoms with Crippen molar-refractivity contribution in [2.24, 2.45) is 0 Å². The number of rotatable bonds is 2. The van der Waals surface area contributed by atoms with Gasteiger partial charge in [-0.3, -0.25) is 5.32 Å². The Balaban J connectivity index is 2.60. The molecule has 74 valence electrons. The van der Waals surface area contributed by atoms with Crippen LogP contribution >= 0.6 is 15.9 Å². The molecule has 1 aromatic rings. The number of nitrogens with one attached hydrogen (secondary N) is 1. The third-order valence-corrected chi connectivity index (χ3v) is 1.83. The minimum Gasteiger partial charge on any atom is -0.416 e. The van der Waals surface area contributed by atoms with Crippen LogP contribution in [0.15, 0.2) is 41.1 Å². The molecule has 1 aromatic carbocycles. The lowest BCUT2D eigenvalue weighted by molar-refractivity contribution is 0.192. The first kappa shape index (κ1) is 10.8. The van der Waals surface area contributed by atoms with Crippen LogP contribution in [-0.4, -0.2) is 6.09 Å². The summed E-state index contributed by atoms with van der Waals surface area (Å²) in [6.07, 6.45) is -0.532. The molecule has 1 rings (SSSR count). The number of anilines is 1. The molecule has 0 aliphatic carbocycles. The normalized spacial score (nSPS) is 9.29. The monoisotopic (exact) mass is 255 g/mol. The standard InChI is InChI=1S/C10H10BrNO2/c1-7(2)14-10(13)12-9-5-3-4-8(11)6-9/h3-6H,1H2,2H3,(H,12,13). The quantitative estimate of drug-likeness (QED) is 0.822. The summed E-state index contributed by atoms with van der Waals surface area (Å²) in [5, 5.41) is 2.56. The second-order valence-electron chi connectivity index (χ2n) is 2.73. The third-order valence-electron chi connectivity index (χ3n) is 1.34. The summed E-state index contributed by atoms with van der Waals surface area (Å²) in [5.41, 5.74) is 0.672. The van der Waals surface area contributed by atoms with Crippen LogP contribution in [0.2, 0.25) is 0 Å². The number of benzene rings is 1. The van der Waals surface area contributed by atoms with Gasteiger partial charge in [0.15, 0.2) is 0 Å². The Morgan fingerprint density at radius 3 is 2.86 bits per heavy atom. The Hall–Kier alpha value is -1.29. The average molecular weight is 256 g/mol. The Morgan fingerprint density at radius 1 is 1.57 bits per heavy atom. The Labute approximate surface area is 90.9 Å². The lowest BCUT2D eigenvalue weighted by Gasteiger charge is -2.05. The van der Waals surface area contributed by atoms with E-state index in [9.17, 15) is 4.79 Å². The Morgan fingerprint density at radius 2 is 2.29 bits per heavy atom. The minimum atomic E-state index is -0.532. The molecule has 0 saturated carbocycles. The summed E-state index contributed by atoms with van der Waals surface area (Å²) < 4.78 is 5.63. The molecule has 4 heteroatoms. The van der Waals surface area contributed by atoms with Gasteiger partial charge in [0.05, 0.1) is 5.76 Å². The zero-order valence-corrected chi connectivity index (χ0v) is 9.30. The third kappa shape index (κ3) is 3.62. The minimum absolute atomic E-state index is 0.359. The molecular weight excluding hydrogens is 246 g/mol. The summed E-state index contributed by atoms with van der Waals surface area (Å²) >= 11 is 3.29. The highest BCUT2D eigenvalue weighted by Gasteiger charge is 2.02. The van der Waals surface area contributed by atoms with Crippen molar-refractivity contribution in [1.82, 2.24) is 0 Å². The van der Waals surface area contributed by atoms with E-state index in [1.807, 2.05) is 12.1 Å². The van der Waals surface area contributed by atoms with E-state index in [0.29, 0.717) is 11.4 Å². The van der Waals surface area contributed by atoms with Crippen molar-refractivity contribution in [3.8, 4) is 0 Å². The van der Waals surface area contributed by atoms with Crippen molar-refractivity contribution >= 4 is 27.7 Å². The Kier molecular flexibility index (Phi) is 3.71. The molecule has 0 radical (unpaired) electrons. The predicted octanol–water partition coefficient (Wildman–Crippen LogP) is 3.53. The van der Waals surface area contributed by atoms with Crippen molar-refractivity contribution in [2.45, 2.75) is 6.92 Å². The van der Waals surface area contributed by atoms with Crippen molar-refractivity contribution in [1.29, 1.82) is 0 Å². The SMILES string of the molecule is C=C(C)OC(=O)Nc1cccc(Br)c1. The van der Waals surface area contributed by atoms with Crippen molar-refractivity contribution < 1.29 is 9.53 Å². The smallest absolute Gasteiger partial charge is 0.416 e. The topological polar surface area (TPSA) is 38.3 Å². The second kappa shape index (κ2) is 4.81. The maximum absolute atomic E-state index is 11.1. The summed E-state index contributed by atoms with van der Waals surface area (Å²) in [5.74, 6) is 0.359. The van der Waals surface area contributed by atoms with Gasteiger partial charge < -0.3 is 4.74 Å². The first-order valence-corrected chi connectivity index (χ1v) is 4.77. The van der Waals surface area contributed by atoms with Gasteiger partial charge in [-0.2, -0.15) is 0 Å². The number of carbonyl (C=O) groups is 1. The molecule has 0 bridgehead atoms. The van der Waals surface area contributed by atoms with E-state index in [2.05, 4.69) is 27.8 Å². The molecule has 14 heavy (non-hydrogen) atoms. The van der Waals surface area contributed by atoms with Gasteiger partial charge in [0, 0.05) is 10.2 Å². The van der Waals surface area contributed by atoms with E-state index in [4.69, 9.17) is 4.74 Å². The average Bonchev–Trinajstić information content (AvgIpc) is 2.01. The number of carbonyl (C=O) groups excluding carboxylic acids is 1. The van der Waals surface area contributed by atoms with Crippen LogP contribution in [0.1, 0.15) is 6.92 Å². The van der Waals surface area contributed by atoms with Gasteiger partial charge in [-0.05, 0) is 25.1 Å². The zero-order valence-electron chi connectivity index (χ0n) is 7.71. The first-order valence-electron chi connectivity index (χ1n) is 3.98.